The van der Waals surface area contributed by atoms with Crippen LogP contribution in [0.1, 0.15) is 24.7 Å². The fourth-order valence-corrected chi connectivity index (χ4v) is 2.38. The van der Waals surface area contributed by atoms with Gasteiger partial charge in [0.2, 0.25) is 17.6 Å². The van der Waals surface area contributed by atoms with Crippen LogP contribution in [0.4, 0.5) is 0 Å². The normalized spacial score (nSPS) is 12.4. The first-order valence-corrected chi connectivity index (χ1v) is 7.90. The first-order chi connectivity index (χ1) is 12.3. The lowest BCUT2D eigenvalue weighted by Crippen LogP contribution is -2.18. The van der Waals surface area contributed by atoms with E-state index in [1.807, 2.05) is 37.3 Å². The van der Waals surface area contributed by atoms with Crippen LogP contribution in [0, 0.1) is 0 Å². The second kappa shape index (κ2) is 6.74. The zero-order valence-electron chi connectivity index (χ0n) is 13.5. The third-order valence-electron chi connectivity index (χ3n) is 3.72. The van der Waals surface area contributed by atoms with E-state index in [4.69, 9.17) is 13.4 Å². The van der Waals surface area contributed by atoms with Gasteiger partial charge in [0.15, 0.2) is 11.5 Å². The predicted molar refractivity (Wildman–Crippen MR) is 89.2 cm³/mol. The molecule has 1 N–H and O–H groups in total. The molecule has 0 unspecified atom stereocenters. The summed E-state index contributed by atoms with van der Waals surface area (Å²) < 4.78 is 16.3. The maximum atomic E-state index is 5.83. The van der Waals surface area contributed by atoms with Crippen LogP contribution in [0.3, 0.4) is 0 Å². The van der Waals surface area contributed by atoms with E-state index in [9.17, 15) is 0 Å². The smallest absolute Gasteiger partial charge is 0.241 e. The molecule has 0 aliphatic rings. The number of oxazole rings is 1. The van der Waals surface area contributed by atoms with Gasteiger partial charge in [-0.1, -0.05) is 35.5 Å². The van der Waals surface area contributed by atoms with E-state index in [0.29, 0.717) is 29.9 Å². The number of benzene rings is 1. The fourth-order valence-electron chi connectivity index (χ4n) is 2.38. The monoisotopic (exact) mass is 336 g/mol. The van der Waals surface area contributed by atoms with Gasteiger partial charge in [0.25, 0.3) is 0 Å². The summed E-state index contributed by atoms with van der Waals surface area (Å²) in [6, 6.07) is 13.3. The van der Waals surface area contributed by atoms with Gasteiger partial charge in [0.1, 0.15) is 0 Å². The highest BCUT2D eigenvalue weighted by molar-refractivity contribution is 5.55. The lowest BCUT2D eigenvalue weighted by molar-refractivity contribution is 0.347. The van der Waals surface area contributed by atoms with Crippen LogP contribution in [-0.2, 0) is 6.54 Å². The second-order valence-electron chi connectivity index (χ2n) is 5.52. The van der Waals surface area contributed by atoms with Gasteiger partial charge in [-0.15, -0.1) is 0 Å². The Bertz CT molecular complexity index is 928. The van der Waals surface area contributed by atoms with Crippen molar-refractivity contribution in [3.05, 3.63) is 66.7 Å². The van der Waals surface area contributed by atoms with Gasteiger partial charge in [0, 0.05) is 5.56 Å². The summed E-state index contributed by atoms with van der Waals surface area (Å²) in [7, 11) is 0. The average molecular weight is 336 g/mol. The Hall–Kier alpha value is -3.19. The average Bonchev–Trinajstić information content (AvgIpc) is 3.41. The van der Waals surface area contributed by atoms with Crippen molar-refractivity contribution >= 4 is 0 Å². The fraction of sp³-hybridized carbons (Fsp3) is 0.167. The van der Waals surface area contributed by atoms with E-state index >= 15 is 0 Å². The quantitative estimate of drug-likeness (QED) is 0.572. The van der Waals surface area contributed by atoms with Crippen LogP contribution >= 0.6 is 0 Å². The zero-order chi connectivity index (χ0) is 17.1. The van der Waals surface area contributed by atoms with Crippen molar-refractivity contribution in [2.24, 2.45) is 0 Å². The van der Waals surface area contributed by atoms with Gasteiger partial charge in [-0.05, 0) is 19.1 Å². The molecule has 1 atom stereocenters. The Balaban J connectivity index is 1.39. The number of aromatic nitrogens is 3. The van der Waals surface area contributed by atoms with E-state index in [1.54, 1.807) is 24.6 Å². The molecule has 126 valence electrons. The molecule has 7 heteroatoms. The van der Waals surface area contributed by atoms with Crippen LogP contribution in [0.15, 0.2) is 68.3 Å². The number of nitrogens with zero attached hydrogens (tertiary/aromatic N) is 3. The highest BCUT2D eigenvalue weighted by atomic mass is 16.5. The molecule has 0 aliphatic heterocycles. The third kappa shape index (κ3) is 3.36. The van der Waals surface area contributed by atoms with Crippen LogP contribution in [0.5, 0.6) is 0 Å². The molecular weight excluding hydrogens is 320 g/mol. The maximum Gasteiger partial charge on any atom is 0.241 e. The van der Waals surface area contributed by atoms with Crippen molar-refractivity contribution in [3.63, 3.8) is 0 Å². The molecule has 0 radical (unpaired) electrons. The van der Waals surface area contributed by atoms with E-state index in [-0.39, 0.29) is 6.04 Å². The molecule has 3 heterocycles. The van der Waals surface area contributed by atoms with Crippen LogP contribution < -0.4 is 5.32 Å². The Morgan fingerprint density at radius 1 is 1.08 bits per heavy atom. The summed E-state index contributed by atoms with van der Waals surface area (Å²) in [5, 5.41) is 7.15. The molecule has 25 heavy (non-hydrogen) atoms. The lowest BCUT2D eigenvalue weighted by Gasteiger charge is -2.07. The van der Waals surface area contributed by atoms with Gasteiger partial charge in [-0.2, -0.15) is 4.98 Å². The Labute approximate surface area is 143 Å². The minimum Gasteiger partial charge on any atom is -0.461 e. The summed E-state index contributed by atoms with van der Waals surface area (Å²) in [6.07, 6.45) is 3.29. The highest BCUT2D eigenvalue weighted by Gasteiger charge is 2.15. The number of nitrogens with one attached hydrogen (secondary N) is 1. The Morgan fingerprint density at radius 2 is 1.96 bits per heavy atom. The minimum absolute atomic E-state index is 0.101. The molecule has 0 saturated heterocycles. The molecule has 4 rings (SSSR count). The number of hydrogen-bond acceptors (Lipinski definition) is 7. The summed E-state index contributed by atoms with van der Waals surface area (Å²) in [5.41, 5.74) is 0.994. The van der Waals surface area contributed by atoms with Crippen LogP contribution in [-0.4, -0.2) is 15.1 Å². The van der Waals surface area contributed by atoms with Crippen molar-refractivity contribution in [2.75, 3.05) is 0 Å². The summed E-state index contributed by atoms with van der Waals surface area (Å²) in [4.78, 5) is 8.63. The highest BCUT2D eigenvalue weighted by Crippen LogP contribution is 2.23. The summed E-state index contributed by atoms with van der Waals surface area (Å²) in [5.74, 6) is 2.81. The number of rotatable bonds is 6. The van der Waals surface area contributed by atoms with Crippen molar-refractivity contribution in [1.82, 2.24) is 20.4 Å². The molecule has 1 aromatic carbocycles. The lowest BCUT2D eigenvalue weighted by atomic mass is 10.2. The largest absolute Gasteiger partial charge is 0.461 e. The molecular formula is C18H16N4O3. The van der Waals surface area contributed by atoms with E-state index in [0.717, 1.165) is 11.3 Å². The molecule has 0 saturated carbocycles. The second-order valence-corrected chi connectivity index (χ2v) is 5.52. The van der Waals surface area contributed by atoms with E-state index < -0.39 is 0 Å². The SMILES string of the molecule is C[C@@H](NCc1nc(-c2ccco2)no1)c1ncc(-c2ccccc2)o1. The van der Waals surface area contributed by atoms with Crippen molar-refractivity contribution in [1.29, 1.82) is 0 Å². The first kappa shape index (κ1) is 15.3. The van der Waals surface area contributed by atoms with Crippen LogP contribution in [0.2, 0.25) is 0 Å². The van der Waals surface area contributed by atoms with Crippen molar-refractivity contribution < 1.29 is 13.4 Å². The molecule has 0 amide bonds. The van der Waals surface area contributed by atoms with Crippen molar-refractivity contribution in [3.8, 4) is 22.9 Å². The molecule has 7 nitrogen and oxygen atoms in total. The molecule has 0 fully saturated rings. The minimum atomic E-state index is -0.101. The van der Waals surface area contributed by atoms with E-state index in [1.165, 1.54) is 0 Å². The number of furan rings is 1. The summed E-state index contributed by atoms with van der Waals surface area (Å²) in [6.45, 7) is 2.36. The van der Waals surface area contributed by atoms with Gasteiger partial charge >= 0.3 is 0 Å². The molecule has 0 aliphatic carbocycles. The van der Waals surface area contributed by atoms with Gasteiger partial charge < -0.3 is 13.4 Å². The molecule has 3 aromatic heterocycles. The van der Waals surface area contributed by atoms with Gasteiger partial charge in [0.05, 0.1) is 25.0 Å². The Morgan fingerprint density at radius 3 is 2.76 bits per heavy atom. The Kier molecular flexibility index (Phi) is 4.14. The van der Waals surface area contributed by atoms with Gasteiger partial charge in [-0.25, -0.2) is 4.98 Å². The third-order valence-corrected chi connectivity index (χ3v) is 3.72. The summed E-state index contributed by atoms with van der Waals surface area (Å²) >= 11 is 0. The first-order valence-electron chi connectivity index (χ1n) is 7.90. The molecule has 4 aromatic rings. The predicted octanol–water partition coefficient (Wildman–Crippen LogP) is 3.84. The zero-order valence-corrected chi connectivity index (χ0v) is 13.5. The van der Waals surface area contributed by atoms with Crippen LogP contribution in [0.25, 0.3) is 22.9 Å². The molecule has 0 spiro atoms. The van der Waals surface area contributed by atoms with Gasteiger partial charge in [-0.3, -0.25) is 5.32 Å². The van der Waals surface area contributed by atoms with E-state index in [2.05, 4.69) is 20.4 Å². The number of hydrogen-bond donors (Lipinski definition) is 1. The maximum absolute atomic E-state index is 5.83. The van der Waals surface area contributed by atoms with Crippen molar-refractivity contribution in [2.45, 2.75) is 19.5 Å². The topological polar surface area (TPSA) is 90.1 Å². The standard InChI is InChI=1S/C18H16N4O3/c1-12(18-20-10-15(24-18)13-6-3-2-4-7-13)19-11-16-21-17(22-25-16)14-8-5-9-23-14/h2-10,12,19H,11H2,1H3/t12-/m1/s1. The molecule has 0 bridgehead atoms.